The number of carbonyl (C=O) groups excluding carboxylic acids is 1. The molecule has 28 heavy (non-hydrogen) atoms. The maximum Gasteiger partial charge on any atom is 0.306 e. The third kappa shape index (κ3) is 4.22. The maximum atomic E-state index is 12.1. The van der Waals surface area contributed by atoms with Crippen molar-refractivity contribution in [2.24, 2.45) is 7.05 Å². The van der Waals surface area contributed by atoms with Crippen LogP contribution < -0.4 is 16.2 Å². The number of aryl methyl sites for hydroxylation is 2. The Morgan fingerprint density at radius 2 is 1.93 bits per heavy atom. The van der Waals surface area contributed by atoms with Gasteiger partial charge in [0.25, 0.3) is 5.56 Å². The third-order valence-electron chi connectivity index (χ3n) is 4.12. The summed E-state index contributed by atoms with van der Waals surface area (Å²) < 4.78 is 7.02. The second kappa shape index (κ2) is 7.99. The molecule has 2 aromatic heterocycles. The fourth-order valence-corrected chi connectivity index (χ4v) is 2.68. The van der Waals surface area contributed by atoms with Gasteiger partial charge in [0, 0.05) is 27.6 Å². The Morgan fingerprint density at radius 3 is 2.68 bits per heavy atom. The van der Waals surface area contributed by atoms with E-state index in [0.717, 1.165) is 5.52 Å². The fourth-order valence-electron chi connectivity index (χ4n) is 2.68. The highest BCUT2D eigenvalue weighted by atomic mass is 16.5. The van der Waals surface area contributed by atoms with Crippen LogP contribution >= 0.6 is 0 Å². The zero-order chi connectivity index (χ0) is 20.3. The summed E-state index contributed by atoms with van der Waals surface area (Å²) in [6, 6.07) is 7.21. The van der Waals surface area contributed by atoms with E-state index >= 15 is 0 Å². The SMILES string of the molecule is CN(C)c1nc(N)nc(COC(=O)CCc2nc(=O)c3ccccc3n2C)n1. The first-order chi connectivity index (χ1) is 13.3. The molecule has 2 N–H and O–H groups in total. The molecule has 0 aliphatic rings. The van der Waals surface area contributed by atoms with E-state index in [1.165, 1.54) is 0 Å². The highest BCUT2D eigenvalue weighted by Gasteiger charge is 2.12. The minimum atomic E-state index is -0.451. The summed E-state index contributed by atoms with van der Waals surface area (Å²) in [5, 5.41) is 0.542. The summed E-state index contributed by atoms with van der Waals surface area (Å²) >= 11 is 0. The quantitative estimate of drug-likeness (QED) is 0.603. The molecule has 0 aliphatic carbocycles. The summed E-state index contributed by atoms with van der Waals surface area (Å²) in [6.45, 7) is -0.115. The van der Waals surface area contributed by atoms with Crippen LogP contribution in [0.4, 0.5) is 11.9 Å². The molecule has 2 heterocycles. The van der Waals surface area contributed by atoms with Crippen molar-refractivity contribution in [3.8, 4) is 0 Å². The molecule has 10 heteroatoms. The molecule has 0 saturated carbocycles. The van der Waals surface area contributed by atoms with Gasteiger partial charge in [0.1, 0.15) is 5.82 Å². The summed E-state index contributed by atoms with van der Waals surface area (Å²) in [6.07, 6.45) is 0.345. The summed E-state index contributed by atoms with van der Waals surface area (Å²) in [7, 11) is 5.35. The number of aromatic nitrogens is 5. The van der Waals surface area contributed by atoms with Gasteiger partial charge in [-0.3, -0.25) is 9.59 Å². The Kier molecular flexibility index (Phi) is 5.48. The number of hydrogen-bond acceptors (Lipinski definition) is 9. The standard InChI is InChI=1S/C18H21N7O3/c1-24(2)18-21-13(20-17(19)23-18)10-28-15(26)9-8-14-22-16(27)11-6-4-5-7-12(11)25(14)3/h4-7H,8-10H2,1-3H3,(H2,19,20,21,23). The van der Waals surface area contributed by atoms with Gasteiger partial charge >= 0.3 is 5.97 Å². The van der Waals surface area contributed by atoms with E-state index < -0.39 is 5.97 Å². The van der Waals surface area contributed by atoms with E-state index in [4.69, 9.17) is 10.5 Å². The number of para-hydroxylation sites is 1. The van der Waals surface area contributed by atoms with Gasteiger partial charge < -0.3 is 19.9 Å². The second-order valence-corrected chi connectivity index (χ2v) is 6.37. The molecule has 10 nitrogen and oxygen atoms in total. The molecular formula is C18H21N7O3. The minimum Gasteiger partial charge on any atom is -0.457 e. The van der Waals surface area contributed by atoms with Gasteiger partial charge in [-0.15, -0.1) is 0 Å². The number of hydrogen-bond donors (Lipinski definition) is 1. The highest BCUT2D eigenvalue weighted by molar-refractivity contribution is 5.78. The topological polar surface area (TPSA) is 129 Å². The largest absolute Gasteiger partial charge is 0.457 e. The van der Waals surface area contributed by atoms with Gasteiger partial charge in [0.15, 0.2) is 12.4 Å². The second-order valence-electron chi connectivity index (χ2n) is 6.37. The van der Waals surface area contributed by atoms with Gasteiger partial charge in [-0.2, -0.15) is 19.9 Å². The predicted octanol–water partition coefficient (Wildman–Crippen LogP) is 0.443. The van der Waals surface area contributed by atoms with Crippen LogP contribution in [0.1, 0.15) is 18.1 Å². The molecule has 0 atom stereocenters. The van der Waals surface area contributed by atoms with Crippen LogP contribution in [0.25, 0.3) is 10.9 Å². The smallest absolute Gasteiger partial charge is 0.306 e. The molecule has 0 saturated heterocycles. The molecule has 0 radical (unpaired) electrons. The average Bonchev–Trinajstić information content (AvgIpc) is 2.67. The fraction of sp³-hybridized carbons (Fsp3) is 0.333. The molecule has 3 rings (SSSR count). The number of esters is 1. The number of ether oxygens (including phenoxy) is 1. The van der Waals surface area contributed by atoms with Gasteiger partial charge in [-0.05, 0) is 12.1 Å². The minimum absolute atomic E-state index is 0.0557. The van der Waals surface area contributed by atoms with Crippen molar-refractivity contribution in [3.05, 3.63) is 46.3 Å². The predicted molar refractivity (Wildman–Crippen MR) is 104 cm³/mol. The Labute approximate surface area is 161 Å². The lowest BCUT2D eigenvalue weighted by molar-refractivity contribution is -0.145. The number of anilines is 2. The van der Waals surface area contributed by atoms with Gasteiger partial charge in [-0.25, -0.2) is 0 Å². The Morgan fingerprint density at radius 1 is 1.18 bits per heavy atom. The highest BCUT2D eigenvalue weighted by Crippen LogP contribution is 2.11. The Hall–Kier alpha value is -3.56. The number of fused-ring (bicyclic) bond motifs is 1. The van der Waals surface area contributed by atoms with Crippen molar-refractivity contribution >= 4 is 28.8 Å². The first-order valence-electron chi connectivity index (χ1n) is 8.63. The number of rotatable bonds is 6. The third-order valence-corrected chi connectivity index (χ3v) is 4.12. The van der Waals surface area contributed by atoms with Crippen molar-refractivity contribution in [2.75, 3.05) is 24.7 Å². The molecule has 1 aromatic carbocycles. The van der Waals surface area contributed by atoms with Crippen LogP contribution in [0.3, 0.4) is 0 Å². The van der Waals surface area contributed by atoms with Crippen molar-refractivity contribution in [3.63, 3.8) is 0 Å². The normalized spacial score (nSPS) is 10.8. The first kappa shape index (κ1) is 19.2. The van der Waals surface area contributed by atoms with Crippen LogP contribution in [-0.4, -0.2) is 44.6 Å². The average molecular weight is 383 g/mol. The Balaban J connectivity index is 1.65. The van der Waals surface area contributed by atoms with Crippen LogP contribution in [-0.2, 0) is 29.6 Å². The molecular weight excluding hydrogens is 362 g/mol. The number of nitrogens with zero attached hydrogens (tertiary/aromatic N) is 6. The monoisotopic (exact) mass is 383 g/mol. The van der Waals surface area contributed by atoms with Gasteiger partial charge in [0.2, 0.25) is 11.9 Å². The maximum absolute atomic E-state index is 12.1. The van der Waals surface area contributed by atoms with E-state index in [9.17, 15) is 9.59 Å². The molecule has 0 amide bonds. The zero-order valence-corrected chi connectivity index (χ0v) is 15.9. The summed E-state index contributed by atoms with van der Waals surface area (Å²) in [4.78, 5) is 42.1. The molecule has 3 aromatic rings. The molecule has 0 bridgehead atoms. The van der Waals surface area contributed by atoms with E-state index in [0.29, 0.717) is 17.2 Å². The van der Waals surface area contributed by atoms with Crippen LogP contribution in [0, 0.1) is 0 Å². The molecule has 0 unspecified atom stereocenters. The zero-order valence-electron chi connectivity index (χ0n) is 15.9. The van der Waals surface area contributed by atoms with E-state index in [-0.39, 0.29) is 36.8 Å². The van der Waals surface area contributed by atoms with E-state index in [1.54, 1.807) is 35.7 Å². The van der Waals surface area contributed by atoms with Crippen LogP contribution in [0.2, 0.25) is 0 Å². The van der Waals surface area contributed by atoms with Crippen molar-refractivity contribution in [1.29, 1.82) is 0 Å². The summed E-state index contributed by atoms with van der Waals surface area (Å²) in [5.41, 5.74) is 6.10. The van der Waals surface area contributed by atoms with Crippen molar-refractivity contribution in [1.82, 2.24) is 24.5 Å². The lowest BCUT2D eigenvalue weighted by Crippen LogP contribution is -2.19. The number of nitrogens with two attached hydrogens (primary N) is 1. The summed E-state index contributed by atoms with van der Waals surface area (Å²) in [5.74, 6) is 0.766. The molecule has 146 valence electrons. The van der Waals surface area contributed by atoms with Crippen molar-refractivity contribution < 1.29 is 9.53 Å². The number of benzene rings is 1. The molecule has 0 aliphatic heterocycles. The van der Waals surface area contributed by atoms with Crippen molar-refractivity contribution in [2.45, 2.75) is 19.4 Å². The van der Waals surface area contributed by atoms with Crippen LogP contribution in [0.15, 0.2) is 29.1 Å². The van der Waals surface area contributed by atoms with Gasteiger partial charge in [-0.1, -0.05) is 12.1 Å². The lowest BCUT2D eigenvalue weighted by atomic mass is 10.2. The molecule has 0 fully saturated rings. The molecule has 0 spiro atoms. The number of nitrogen functional groups attached to an aromatic ring is 1. The lowest BCUT2D eigenvalue weighted by Gasteiger charge is -2.12. The van der Waals surface area contributed by atoms with E-state index in [2.05, 4.69) is 19.9 Å². The first-order valence-corrected chi connectivity index (χ1v) is 8.63. The Bertz CT molecular complexity index is 1080. The van der Waals surface area contributed by atoms with Crippen LogP contribution in [0.5, 0.6) is 0 Å². The van der Waals surface area contributed by atoms with E-state index in [1.807, 2.05) is 19.2 Å². The van der Waals surface area contributed by atoms with Gasteiger partial charge in [0.05, 0.1) is 17.3 Å². The number of carbonyl (C=O) groups is 1.